The fourth-order valence-corrected chi connectivity index (χ4v) is 1.73. The predicted molar refractivity (Wildman–Crippen MR) is 78.1 cm³/mol. The molecule has 0 amide bonds. The molecule has 0 heterocycles. The zero-order chi connectivity index (χ0) is 14.5. The first-order valence-electron chi connectivity index (χ1n) is 6.50. The summed E-state index contributed by atoms with van der Waals surface area (Å²) in [5.74, 6) is 2.21. The van der Waals surface area contributed by atoms with Crippen LogP contribution in [0.2, 0.25) is 0 Å². The first kappa shape index (κ1) is 14.0. The molecular formula is C17H17NO2. The Morgan fingerprint density at radius 2 is 1.50 bits per heavy atom. The number of nitrogens with zero attached hydrogens (tertiary/aromatic N) is 1. The van der Waals surface area contributed by atoms with Crippen molar-refractivity contribution in [3.8, 4) is 23.3 Å². The maximum absolute atomic E-state index is 8.69. The minimum atomic E-state index is -0.457. The lowest BCUT2D eigenvalue weighted by molar-refractivity contribution is 0.276. The topological polar surface area (TPSA) is 42.2 Å². The van der Waals surface area contributed by atoms with E-state index in [1.54, 1.807) is 19.1 Å². The summed E-state index contributed by atoms with van der Waals surface area (Å²) < 4.78 is 11.2. The summed E-state index contributed by atoms with van der Waals surface area (Å²) in [6.07, 6.45) is -0.457. The van der Waals surface area contributed by atoms with Crippen LogP contribution in [0.3, 0.4) is 0 Å². The van der Waals surface area contributed by atoms with Crippen molar-refractivity contribution < 1.29 is 9.47 Å². The van der Waals surface area contributed by atoms with Crippen LogP contribution >= 0.6 is 0 Å². The summed E-state index contributed by atoms with van der Waals surface area (Å²) in [6.45, 7) is 5.84. The Balaban J connectivity index is 2.07. The van der Waals surface area contributed by atoms with Gasteiger partial charge in [-0.1, -0.05) is 6.07 Å². The molecule has 0 aliphatic heterocycles. The summed E-state index contributed by atoms with van der Waals surface area (Å²) >= 11 is 0. The van der Waals surface area contributed by atoms with Crippen molar-refractivity contribution in [2.75, 3.05) is 0 Å². The largest absolute Gasteiger partial charge is 0.476 e. The fourth-order valence-electron chi connectivity index (χ4n) is 1.73. The van der Waals surface area contributed by atoms with Gasteiger partial charge in [0.1, 0.15) is 23.3 Å². The van der Waals surface area contributed by atoms with Gasteiger partial charge in [0.15, 0.2) is 6.10 Å². The third kappa shape index (κ3) is 3.52. The minimum absolute atomic E-state index is 0.457. The molecule has 0 aromatic heterocycles. The molecule has 3 nitrogen and oxygen atoms in total. The van der Waals surface area contributed by atoms with Crippen molar-refractivity contribution in [3.63, 3.8) is 0 Å². The summed E-state index contributed by atoms with van der Waals surface area (Å²) in [5, 5.41) is 8.69. The predicted octanol–water partition coefficient (Wildman–Crippen LogP) is 4.39. The highest BCUT2D eigenvalue weighted by Crippen LogP contribution is 2.25. The Bertz CT molecular complexity index is 626. The molecule has 0 spiro atoms. The van der Waals surface area contributed by atoms with E-state index in [4.69, 9.17) is 14.7 Å². The molecule has 0 fully saturated rings. The van der Waals surface area contributed by atoms with Crippen LogP contribution in [0.15, 0.2) is 42.5 Å². The van der Waals surface area contributed by atoms with Crippen LogP contribution in [0, 0.1) is 25.2 Å². The Labute approximate surface area is 119 Å². The molecule has 0 aliphatic rings. The maximum Gasteiger partial charge on any atom is 0.181 e. The molecule has 0 saturated heterocycles. The second kappa shape index (κ2) is 6.12. The number of hydrogen-bond acceptors (Lipinski definition) is 3. The highest BCUT2D eigenvalue weighted by Gasteiger charge is 2.03. The van der Waals surface area contributed by atoms with Gasteiger partial charge in [-0.25, -0.2) is 0 Å². The van der Waals surface area contributed by atoms with Crippen molar-refractivity contribution in [2.24, 2.45) is 0 Å². The zero-order valence-electron chi connectivity index (χ0n) is 11.9. The van der Waals surface area contributed by atoms with Crippen LogP contribution in [0.25, 0.3) is 0 Å². The van der Waals surface area contributed by atoms with Crippen LogP contribution in [0.5, 0.6) is 17.2 Å². The van der Waals surface area contributed by atoms with Crippen molar-refractivity contribution in [1.82, 2.24) is 0 Å². The summed E-state index contributed by atoms with van der Waals surface area (Å²) in [5.41, 5.74) is 2.44. The molecule has 0 bridgehead atoms. The Morgan fingerprint density at radius 3 is 2.10 bits per heavy atom. The smallest absolute Gasteiger partial charge is 0.181 e. The van der Waals surface area contributed by atoms with Crippen LogP contribution in [0.1, 0.15) is 18.1 Å². The van der Waals surface area contributed by atoms with E-state index in [0.29, 0.717) is 5.75 Å². The molecule has 20 heavy (non-hydrogen) atoms. The lowest BCUT2D eigenvalue weighted by atomic mass is 10.1. The minimum Gasteiger partial charge on any atom is -0.476 e. The number of benzene rings is 2. The van der Waals surface area contributed by atoms with E-state index >= 15 is 0 Å². The van der Waals surface area contributed by atoms with Gasteiger partial charge < -0.3 is 9.47 Å². The van der Waals surface area contributed by atoms with Gasteiger partial charge in [-0.2, -0.15) is 5.26 Å². The molecule has 0 radical (unpaired) electrons. The first-order chi connectivity index (χ1) is 9.58. The molecule has 1 atom stereocenters. The maximum atomic E-state index is 8.69. The average molecular weight is 267 g/mol. The van der Waals surface area contributed by atoms with E-state index in [2.05, 4.69) is 13.8 Å². The van der Waals surface area contributed by atoms with Crippen LogP contribution in [0.4, 0.5) is 0 Å². The third-order valence-corrected chi connectivity index (χ3v) is 3.03. The van der Waals surface area contributed by atoms with E-state index in [9.17, 15) is 0 Å². The van der Waals surface area contributed by atoms with E-state index < -0.39 is 6.10 Å². The highest BCUT2D eigenvalue weighted by molar-refractivity contribution is 5.39. The summed E-state index contributed by atoms with van der Waals surface area (Å²) in [7, 11) is 0. The summed E-state index contributed by atoms with van der Waals surface area (Å²) in [6, 6.07) is 15.3. The number of hydrogen-bond donors (Lipinski definition) is 0. The van der Waals surface area contributed by atoms with Crippen molar-refractivity contribution >= 4 is 0 Å². The van der Waals surface area contributed by atoms with E-state index in [0.717, 1.165) is 11.5 Å². The van der Waals surface area contributed by atoms with Gasteiger partial charge in [-0.3, -0.25) is 0 Å². The fraction of sp³-hybridized carbons (Fsp3) is 0.235. The van der Waals surface area contributed by atoms with Crippen LogP contribution in [-0.4, -0.2) is 6.10 Å². The van der Waals surface area contributed by atoms with Gasteiger partial charge in [0, 0.05) is 0 Å². The second-order valence-corrected chi connectivity index (χ2v) is 4.71. The normalized spacial score (nSPS) is 11.5. The third-order valence-electron chi connectivity index (χ3n) is 3.03. The van der Waals surface area contributed by atoms with Gasteiger partial charge >= 0.3 is 0 Å². The lowest BCUT2D eigenvalue weighted by Crippen LogP contribution is -2.07. The Kier molecular flexibility index (Phi) is 4.27. The average Bonchev–Trinajstić information content (AvgIpc) is 2.45. The molecule has 3 heteroatoms. The molecule has 102 valence electrons. The zero-order valence-corrected chi connectivity index (χ0v) is 11.9. The molecule has 0 saturated carbocycles. The number of rotatable bonds is 4. The molecule has 2 aromatic carbocycles. The Morgan fingerprint density at radius 1 is 0.900 bits per heavy atom. The first-order valence-corrected chi connectivity index (χ1v) is 6.50. The molecule has 1 unspecified atom stereocenters. The SMILES string of the molecule is Cc1ccc(Oc2ccc(OC(C)C#N)cc2)cc1C. The molecule has 2 aromatic rings. The molecule has 0 N–H and O–H groups in total. The van der Waals surface area contributed by atoms with Gasteiger partial charge in [0.2, 0.25) is 0 Å². The van der Waals surface area contributed by atoms with Gasteiger partial charge in [-0.05, 0) is 68.3 Å². The standard InChI is InChI=1S/C17H17NO2/c1-12-4-5-17(10-13(12)2)20-16-8-6-15(7-9-16)19-14(3)11-18/h4-10,14H,1-3H3. The van der Waals surface area contributed by atoms with E-state index in [1.807, 2.05) is 36.4 Å². The van der Waals surface area contributed by atoms with Crippen LogP contribution < -0.4 is 9.47 Å². The van der Waals surface area contributed by atoms with Gasteiger partial charge in [0.25, 0.3) is 0 Å². The molecule has 2 rings (SSSR count). The van der Waals surface area contributed by atoms with Crippen molar-refractivity contribution in [2.45, 2.75) is 26.9 Å². The van der Waals surface area contributed by atoms with Gasteiger partial charge in [0.05, 0.1) is 0 Å². The number of nitriles is 1. The second-order valence-electron chi connectivity index (χ2n) is 4.71. The number of aryl methyl sites for hydroxylation is 2. The van der Waals surface area contributed by atoms with Crippen molar-refractivity contribution in [1.29, 1.82) is 5.26 Å². The van der Waals surface area contributed by atoms with Crippen molar-refractivity contribution in [3.05, 3.63) is 53.6 Å². The molecule has 0 aliphatic carbocycles. The Hall–Kier alpha value is -2.47. The molecular weight excluding hydrogens is 250 g/mol. The van der Waals surface area contributed by atoms with Crippen LogP contribution in [-0.2, 0) is 0 Å². The van der Waals surface area contributed by atoms with Gasteiger partial charge in [-0.15, -0.1) is 0 Å². The lowest BCUT2D eigenvalue weighted by Gasteiger charge is -2.10. The van der Waals surface area contributed by atoms with E-state index in [1.165, 1.54) is 11.1 Å². The highest BCUT2D eigenvalue weighted by atomic mass is 16.5. The van der Waals surface area contributed by atoms with E-state index in [-0.39, 0.29) is 0 Å². The quantitative estimate of drug-likeness (QED) is 0.825. The number of ether oxygens (including phenoxy) is 2. The summed E-state index contributed by atoms with van der Waals surface area (Å²) in [4.78, 5) is 0. The monoisotopic (exact) mass is 267 g/mol.